The van der Waals surface area contributed by atoms with Crippen molar-refractivity contribution < 1.29 is 0 Å². The lowest BCUT2D eigenvalue weighted by Gasteiger charge is -2.26. The topological polar surface area (TPSA) is 24.9 Å². The summed E-state index contributed by atoms with van der Waals surface area (Å²) in [6.45, 7) is 0.943. The van der Waals surface area contributed by atoms with E-state index in [0.717, 1.165) is 12.6 Å². The molecule has 0 aliphatic heterocycles. The number of benzene rings is 1. The fourth-order valence-corrected chi connectivity index (χ4v) is 2.19. The van der Waals surface area contributed by atoms with E-state index in [9.17, 15) is 0 Å². The molecule has 2 aromatic rings. The number of aromatic nitrogens is 1. The minimum absolute atomic E-state index is 0.735. The van der Waals surface area contributed by atoms with Crippen molar-refractivity contribution >= 4 is 10.8 Å². The van der Waals surface area contributed by atoms with Crippen molar-refractivity contribution in [1.82, 2.24) is 10.3 Å². The lowest BCUT2D eigenvalue weighted by Crippen LogP contribution is -2.34. The van der Waals surface area contributed by atoms with Crippen LogP contribution in [-0.2, 0) is 6.54 Å². The lowest BCUT2D eigenvalue weighted by atomic mass is 9.93. The van der Waals surface area contributed by atoms with Crippen molar-refractivity contribution in [2.24, 2.45) is 0 Å². The molecular weight excluding hydrogens is 196 g/mol. The third-order valence-corrected chi connectivity index (χ3v) is 3.44. The van der Waals surface area contributed by atoms with E-state index in [2.05, 4.69) is 34.6 Å². The van der Waals surface area contributed by atoms with Crippen LogP contribution in [0.15, 0.2) is 36.7 Å². The maximum atomic E-state index is 4.29. The Kier molecular flexibility index (Phi) is 2.58. The van der Waals surface area contributed by atoms with Crippen LogP contribution in [0.2, 0.25) is 0 Å². The van der Waals surface area contributed by atoms with Gasteiger partial charge in [0.25, 0.3) is 0 Å². The smallest absolute Gasteiger partial charge is 0.0346 e. The van der Waals surface area contributed by atoms with Gasteiger partial charge in [0.1, 0.15) is 0 Å². The molecular formula is C14H16N2. The predicted molar refractivity (Wildman–Crippen MR) is 66.2 cm³/mol. The van der Waals surface area contributed by atoms with Crippen molar-refractivity contribution in [3.05, 3.63) is 42.2 Å². The molecule has 1 fully saturated rings. The molecule has 0 amide bonds. The average Bonchev–Trinajstić information content (AvgIpc) is 2.27. The molecule has 82 valence electrons. The Bertz CT molecular complexity index is 484. The molecule has 16 heavy (non-hydrogen) atoms. The van der Waals surface area contributed by atoms with E-state index in [1.165, 1.54) is 35.6 Å². The number of hydrogen-bond donors (Lipinski definition) is 1. The van der Waals surface area contributed by atoms with Gasteiger partial charge in [-0.05, 0) is 23.8 Å². The highest BCUT2D eigenvalue weighted by atomic mass is 14.9. The zero-order valence-electron chi connectivity index (χ0n) is 9.32. The van der Waals surface area contributed by atoms with Crippen LogP contribution in [0.1, 0.15) is 24.8 Å². The fraction of sp³-hybridized carbons (Fsp3) is 0.357. The van der Waals surface area contributed by atoms with Gasteiger partial charge in [-0.3, -0.25) is 4.98 Å². The summed E-state index contributed by atoms with van der Waals surface area (Å²) in [6, 6.07) is 9.19. The highest BCUT2D eigenvalue weighted by Crippen LogP contribution is 2.20. The summed E-state index contributed by atoms with van der Waals surface area (Å²) in [6.07, 6.45) is 7.96. The summed E-state index contributed by atoms with van der Waals surface area (Å²) in [5.74, 6) is 0. The highest BCUT2D eigenvalue weighted by molar-refractivity contribution is 5.84. The first-order valence-electron chi connectivity index (χ1n) is 5.98. The van der Waals surface area contributed by atoms with Crippen molar-refractivity contribution in [3.8, 4) is 0 Å². The highest BCUT2D eigenvalue weighted by Gasteiger charge is 2.16. The molecule has 1 aromatic carbocycles. The molecule has 1 N–H and O–H groups in total. The Balaban J connectivity index is 1.84. The third-order valence-electron chi connectivity index (χ3n) is 3.44. The SMILES string of the molecule is c1ccc2c(CNC3CCC3)cncc2c1. The van der Waals surface area contributed by atoms with Gasteiger partial charge in [-0.15, -0.1) is 0 Å². The van der Waals surface area contributed by atoms with Crippen molar-refractivity contribution in [2.45, 2.75) is 31.8 Å². The van der Waals surface area contributed by atoms with Gasteiger partial charge in [-0.25, -0.2) is 0 Å². The van der Waals surface area contributed by atoms with Gasteiger partial charge in [0.2, 0.25) is 0 Å². The summed E-state index contributed by atoms with van der Waals surface area (Å²) in [7, 11) is 0. The largest absolute Gasteiger partial charge is 0.310 e. The second-order valence-electron chi connectivity index (χ2n) is 4.53. The maximum Gasteiger partial charge on any atom is 0.0346 e. The van der Waals surface area contributed by atoms with Crippen LogP contribution < -0.4 is 5.32 Å². The zero-order chi connectivity index (χ0) is 10.8. The Morgan fingerprint density at radius 2 is 2.06 bits per heavy atom. The molecule has 0 bridgehead atoms. The number of nitrogens with zero attached hydrogens (tertiary/aromatic N) is 1. The Labute approximate surface area is 95.7 Å². The molecule has 0 radical (unpaired) electrons. The van der Waals surface area contributed by atoms with Crippen molar-refractivity contribution in [3.63, 3.8) is 0 Å². The van der Waals surface area contributed by atoms with Gasteiger partial charge in [0.05, 0.1) is 0 Å². The normalized spacial score (nSPS) is 16.2. The molecule has 0 atom stereocenters. The van der Waals surface area contributed by atoms with Crippen LogP contribution in [-0.4, -0.2) is 11.0 Å². The van der Waals surface area contributed by atoms with Crippen LogP contribution in [0.5, 0.6) is 0 Å². The third kappa shape index (κ3) is 1.81. The molecule has 2 heteroatoms. The molecule has 2 nitrogen and oxygen atoms in total. The Morgan fingerprint density at radius 1 is 1.19 bits per heavy atom. The molecule has 3 rings (SSSR count). The molecule has 1 aliphatic carbocycles. The quantitative estimate of drug-likeness (QED) is 0.846. The molecule has 1 saturated carbocycles. The number of rotatable bonds is 3. The van der Waals surface area contributed by atoms with Crippen LogP contribution in [0.25, 0.3) is 10.8 Å². The fourth-order valence-electron chi connectivity index (χ4n) is 2.19. The van der Waals surface area contributed by atoms with Crippen LogP contribution in [0, 0.1) is 0 Å². The van der Waals surface area contributed by atoms with Crippen LogP contribution >= 0.6 is 0 Å². The van der Waals surface area contributed by atoms with E-state index in [-0.39, 0.29) is 0 Å². The first-order chi connectivity index (χ1) is 7.93. The van der Waals surface area contributed by atoms with E-state index >= 15 is 0 Å². The number of fused-ring (bicyclic) bond motifs is 1. The summed E-state index contributed by atoms with van der Waals surface area (Å²) in [5.41, 5.74) is 1.31. The first kappa shape index (κ1) is 9.79. The summed E-state index contributed by atoms with van der Waals surface area (Å²) >= 11 is 0. The van der Waals surface area contributed by atoms with E-state index in [4.69, 9.17) is 0 Å². The molecule has 0 unspecified atom stereocenters. The maximum absolute atomic E-state index is 4.29. The first-order valence-corrected chi connectivity index (χ1v) is 5.98. The van der Waals surface area contributed by atoms with Crippen molar-refractivity contribution in [1.29, 1.82) is 0 Å². The van der Waals surface area contributed by atoms with E-state index in [0.29, 0.717) is 0 Å². The number of pyridine rings is 1. The molecule has 1 aromatic heterocycles. The summed E-state index contributed by atoms with van der Waals surface area (Å²) < 4.78 is 0. The van der Waals surface area contributed by atoms with Gasteiger partial charge < -0.3 is 5.32 Å². The Hall–Kier alpha value is -1.41. The Morgan fingerprint density at radius 3 is 2.88 bits per heavy atom. The monoisotopic (exact) mass is 212 g/mol. The van der Waals surface area contributed by atoms with Gasteiger partial charge in [-0.2, -0.15) is 0 Å². The van der Waals surface area contributed by atoms with Crippen LogP contribution in [0.3, 0.4) is 0 Å². The predicted octanol–water partition coefficient (Wildman–Crippen LogP) is 2.88. The van der Waals surface area contributed by atoms with Gasteiger partial charge in [0.15, 0.2) is 0 Å². The standard InChI is InChI=1S/C14H16N2/c1-2-7-14-11(4-1)8-15-9-12(14)10-16-13-5-3-6-13/h1-2,4,7-9,13,16H,3,5-6,10H2. The van der Waals surface area contributed by atoms with Crippen molar-refractivity contribution in [2.75, 3.05) is 0 Å². The molecule has 1 heterocycles. The second kappa shape index (κ2) is 4.22. The summed E-state index contributed by atoms with van der Waals surface area (Å²) in [5, 5.41) is 6.14. The minimum atomic E-state index is 0.735. The van der Waals surface area contributed by atoms with Gasteiger partial charge >= 0.3 is 0 Å². The summed E-state index contributed by atoms with van der Waals surface area (Å²) in [4.78, 5) is 4.29. The lowest BCUT2D eigenvalue weighted by molar-refractivity contribution is 0.338. The molecule has 0 saturated heterocycles. The molecule has 1 aliphatic rings. The van der Waals surface area contributed by atoms with E-state index in [1.54, 1.807) is 0 Å². The zero-order valence-corrected chi connectivity index (χ0v) is 9.32. The molecule has 0 spiro atoms. The second-order valence-corrected chi connectivity index (χ2v) is 4.53. The van der Waals surface area contributed by atoms with Gasteiger partial charge in [-0.1, -0.05) is 30.7 Å². The minimum Gasteiger partial charge on any atom is -0.310 e. The van der Waals surface area contributed by atoms with E-state index < -0.39 is 0 Å². The average molecular weight is 212 g/mol. The van der Waals surface area contributed by atoms with Gasteiger partial charge in [0, 0.05) is 30.4 Å². The number of hydrogen-bond acceptors (Lipinski definition) is 2. The number of nitrogens with one attached hydrogen (secondary N) is 1. The van der Waals surface area contributed by atoms with Crippen LogP contribution in [0.4, 0.5) is 0 Å². The van der Waals surface area contributed by atoms with E-state index in [1.807, 2.05) is 12.4 Å².